The normalized spacial score (nSPS) is 13.2. The first-order chi connectivity index (χ1) is 30.6. The van der Waals surface area contributed by atoms with Crippen molar-refractivity contribution in [3.63, 3.8) is 0 Å². The van der Waals surface area contributed by atoms with Gasteiger partial charge in [-0.15, -0.1) is 0 Å². The lowest BCUT2D eigenvalue weighted by Gasteiger charge is -2.26. The Bertz CT molecular complexity index is 2350. The van der Waals surface area contributed by atoms with Gasteiger partial charge in [0.1, 0.15) is 6.04 Å². The lowest BCUT2D eigenvalue weighted by Crippen LogP contribution is -2.42. The number of aromatic amines is 1. The van der Waals surface area contributed by atoms with Crippen molar-refractivity contribution >= 4 is 70.1 Å². The number of H-pyrrole nitrogens is 1. The number of nitrogens with one attached hydrogen (secondary N) is 5. The number of anilines is 2. The van der Waals surface area contributed by atoms with Gasteiger partial charge in [-0.3, -0.25) is 58.5 Å². The SMILES string of the molecule is COC(=O)[C@H](CCC(=O)NCCOC(C)(C)OCCNC(=O)CCN1C(=O)C=CC1=O)NC(=O)c1ccc(N(Cc2cnc3nc(NC(=O)C(C)C)[nH]c(=O)c3n2)C(=O)C(F)(F)F)cc1. The van der Waals surface area contributed by atoms with E-state index in [0.29, 0.717) is 4.90 Å². The Balaban J connectivity index is 1.27. The zero-order valence-corrected chi connectivity index (χ0v) is 35.8. The van der Waals surface area contributed by atoms with Crippen molar-refractivity contribution in [2.45, 2.75) is 71.5 Å². The number of benzene rings is 1. The zero-order chi connectivity index (χ0) is 48.1. The van der Waals surface area contributed by atoms with Gasteiger partial charge in [0.15, 0.2) is 17.0 Å². The van der Waals surface area contributed by atoms with Crippen LogP contribution >= 0.6 is 0 Å². The maximum Gasteiger partial charge on any atom is 0.471 e. The number of hydrogen-bond donors (Lipinski definition) is 5. The fourth-order valence-electron chi connectivity index (χ4n) is 5.70. The first kappa shape index (κ1) is 50.5. The van der Waals surface area contributed by atoms with Crippen LogP contribution in [0.15, 0.2) is 47.4 Å². The summed E-state index contributed by atoms with van der Waals surface area (Å²) in [6.45, 7) is 5.78. The highest BCUT2D eigenvalue weighted by Crippen LogP contribution is 2.26. The van der Waals surface area contributed by atoms with Crippen LogP contribution in [0.5, 0.6) is 0 Å². The minimum Gasteiger partial charge on any atom is -0.467 e. The summed E-state index contributed by atoms with van der Waals surface area (Å²) in [6.07, 6.45) is -2.64. The summed E-state index contributed by atoms with van der Waals surface area (Å²) in [4.78, 5) is 126. The second kappa shape index (κ2) is 22.5. The molecule has 1 aromatic carbocycles. The Morgan fingerprint density at radius 1 is 0.877 bits per heavy atom. The third kappa shape index (κ3) is 15.0. The number of methoxy groups -OCH3 is 1. The van der Waals surface area contributed by atoms with Crippen LogP contribution in [0.3, 0.4) is 0 Å². The van der Waals surface area contributed by atoms with Gasteiger partial charge in [0.2, 0.25) is 23.7 Å². The van der Waals surface area contributed by atoms with Gasteiger partial charge in [-0.1, -0.05) is 13.8 Å². The number of imide groups is 1. The zero-order valence-electron chi connectivity index (χ0n) is 35.8. The Kier molecular flexibility index (Phi) is 17.4. The van der Waals surface area contributed by atoms with Gasteiger partial charge in [-0.2, -0.15) is 18.2 Å². The number of carbonyl (C=O) groups excluding carboxylic acids is 8. The van der Waals surface area contributed by atoms with Gasteiger partial charge in [0.25, 0.3) is 23.3 Å². The van der Waals surface area contributed by atoms with E-state index in [2.05, 4.69) is 41.2 Å². The van der Waals surface area contributed by atoms with E-state index in [1.165, 1.54) is 0 Å². The topological polar surface area (TPSA) is 290 Å². The quantitative estimate of drug-likeness (QED) is 0.0403. The van der Waals surface area contributed by atoms with E-state index in [-0.39, 0.29) is 86.2 Å². The maximum absolute atomic E-state index is 13.8. The molecule has 5 N–H and O–H groups in total. The number of amides is 7. The molecule has 7 amide bonds. The molecule has 65 heavy (non-hydrogen) atoms. The highest BCUT2D eigenvalue weighted by molar-refractivity contribution is 6.13. The summed E-state index contributed by atoms with van der Waals surface area (Å²) in [5, 5.41) is 10.0. The predicted octanol–water partition coefficient (Wildman–Crippen LogP) is 0.772. The number of fused-ring (bicyclic) bond motifs is 1. The number of aromatic nitrogens is 4. The summed E-state index contributed by atoms with van der Waals surface area (Å²) in [6, 6.07) is 2.96. The summed E-state index contributed by atoms with van der Waals surface area (Å²) < 4.78 is 57.4. The molecule has 3 heterocycles. The molecule has 22 nitrogen and oxygen atoms in total. The van der Waals surface area contributed by atoms with Crippen LogP contribution in [0.1, 0.15) is 63.0 Å². The molecule has 3 aromatic rings. The van der Waals surface area contributed by atoms with E-state index in [9.17, 15) is 56.3 Å². The molecular weight excluding hydrogens is 869 g/mol. The van der Waals surface area contributed by atoms with Crippen molar-refractivity contribution < 1.29 is 65.7 Å². The number of hydrogen-bond acceptors (Lipinski definition) is 15. The molecule has 0 aliphatic carbocycles. The van der Waals surface area contributed by atoms with Crippen molar-refractivity contribution in [1.29, 1.82) is 0 Å². The van der Waals surface area contributed by atoms with E-state index >= 15 is 0 Å². The molecule has 0 spiro atoms. The number of rotatable bonds is 22. The molecule has 1 atom stereocenters. The molecule has 0 fully saturated rings. The minimum absolute atomic E-state index is 0.00451. The molecule has 1 aliphatic rings. The third-order valence-corrected chi connectivity index (χ3v) is 9.14. The standard InChI is InChI=1S/C40H47F3N10O12/c1-22(2)33(58)50-38-49-32-31(35(60)51-38)47-24(20-46-32)21-53(37(62)40(41,42)43)25-8-6-23(7-9-25)34(59)48-26(36(61)63-5)10-11-27(54)44-15-18-64-39(3,4)65-19-16-45-28(55)14-17-52-29(56)12-13-30(52)57/h6-9,12-13,20,22,26H,10-11,14-19,21H2,1-5H3,(H,44,54)(H,45,55)(H,48,59)(H2,46,49,50,51,58,60)/t26-/m0/s1. The van der Waals surface area contributed by atoms with E-state index in [0.717, 1.165) is 54.6 Å². The Morgan fingerprint density at radius 3 is 2.05 bits per heavy atom. The fraction of sp³-hybridized carbons (Fsp3) is 0.450. The molecular formula is C40H47F3N10O12. The van der Waals surface area contributed by atoms with Crippen LogP contribution in [-0.2, 0) is 54.3 Å². The van der Waals surface area contributed by atoms with Crippen molar-refractivity contribution in [3.8, 4) is 0 Å². The van der Waals surface area contributed by atoms with Gasteiger partial charge >= 0.3 is 18.1 Å². The average molecular weight is 917 g/mol. The molecule has 4 rings (SSSR count). The van der Waals surface area contributed by atoms with Crippen LogP contribution in [-0.4, -0.2) is 130 Å². The van der Waals surface area contributed by atoms with E-state index in [1.54, 1.807) is 27.7 Å². The van der Waals surface area contributed by atoms with Crippen molar-refractivity contribution in [1.82, 2.24) is 40.8 Å². The van der Waals surface area contributed by atoms with Crippen LogP contribution < -0.4 is 31.7 Å². The molecule has 25 heteroatoms. The van der Waals surface area contributed by atoms with Gasteiger partial charge in [-0.05, 0) is 44.5 Å². The van der Waals surface area contributed by atoms with Crippen molar-refractivity contribution in [2.24, 2.45) is 5.92 Å². The van der Waals surface area contributed by atoms with Crippen molar-refractivity contribution in [3.05, 3.63) is 64.2 Å². The predicted molar refractivity (Wildman–Crippen MR) is 220 cm³/mol. The number of halogens is 3. The molecule has 0 unspecified atom stereocenters. The Morgan fingerprint density at radius 2 is 1.48 bits per heavy atom. The first-order valence-corrected chi connectivity index (χ1v) is 19.9. The number of esters is 1. The first-order valence-electron chi connectivity index (χ1n) is 19.9. The largest absolute Gasteiger partial charge is 0.471 e. The van der Waals surface area contributed by atoms with E-state index < -0.39 is 83.3 Å². The average Bonchev–Trinajstić information content (AvgIpc) is 3.58. The third-order valence-electron chi connectivity index (χ3n) is 9.14. The minimum atomic E-state index is -5.36. The summed E-state index contributed by atoms with van der Waals surface area (Å²) in [5.74, 6) is -8.16. The molecule has 1 aliphatic heterocycles. The number of carbonyl (C=O) groups is 8. The van der Waals surface area contributed by atoms with Crippen molar-refractivity contribution in [2.75, 3.05) is 50.2 Å². The Hall–Kier alpha value is -7.15. The second-order valence-corrected chi connectivity index (χ2v) is 14.8. The molecule has 0 bridgehead atoms. The van der Waals surface area contributed by atoms with Gasteiger partial charge in [0, 0.05) is 61.8 Å². The summed E-state index contributed by atoms with van der Waals surface area (Å²) >= 11 is 0. The van der Waals surface area contributed by atoms with Gasteiger partial charge < -0.3 is 30.2 Å². The van der Waals surface area contributed by atoms with Gasteiger partial charge in [-0.25, -0.2) is 14.8 Å². The lowest BCUT2D eigenvalue weighted by atomic mass is 10.1. The number of alkyl halides is 3. The lowest BCUT2D eigenvalue weighted by molar-refractivity contribution is -0.211. The number of nitrogens with zero attached hydrogens (tertiary/aromatic N) is 5. The molecule has 350 valence electrons. The molecule has 2 aromatic heterocycles. The second-order valence-electron chi connectivity index (χ2n) is 14.8. The monoisotopic (exact) mass is 916 g/mol. The van der Waals surface area contributed by atoms with Crippen LogP contribution in [0, 0.1) is 5.92 Å². The number of ether oxygens (including phenoxy) is 3. The van der Waals surface area contributed by atoms with E-state index in [4.69, 9.17) is 14.2 Å². The Labute approximate surface area is 368 Å². The van der Waals surface area contributed by atoms with Crippen LogP contribution in [0.2, 0.25) is 0 Å². The van der Waals surface area contributed by atoms with Gasteiger partial charge in [0.05, 0.1) is 38.8 Å². The molecule has 0 saturated heterocycles. The van der Waals surface area contributed by atoms with Crippen LogP contribution in [0.4, 0.5) is 24.8 Å². The fourth-order valence-corrected chi connectivity index (χ4v) is 5.70. The van der Waals surface area contributed by atoms with Crippen LogP contribution in [0.25, 0.3) is 11.2 Å². The van der Waals surface area contributed by atoms with E-state index in [1.807, 2.05) is 0 Å². The molecule has 0 saturated carbocycles. The highest BCUT2D eigenvalue weighted by atomic mass is 19.4. The highest BCUT2D eigenvalue weighted by Gasteiger charge is 2.43. The summed E-state index contributed by atoms with van der Waals surface area (Å²) in [7, 11) is 1.06. The maximum atomic E-state index is 13.8. The molecule has 0 radical (unpaired) electrons. The smallest absolute Gasteiger partial charge is 0.467 e. The summed E-state index contributed by atoms with van der Waals surface area (Å²) in [5.41, 5.74) is -2.16.